The van der Waals surface area contributed by atoms with Crippen LogP contribution < -0.4 is 10.0 Å². The van der Waals surface area contributed by atoms with Gasteiger partial charge in [-0.25, -0.2) is 13.1 Å². The predicted octanol–water partition coefficient (Wildman–Crippen LogP) is 1.08. The SMILES string of the molecule is CNCCNS(=O)(=O)c1c(C)nn(CC(C)C)c1C.Cl. The highest BCUT2D eigenvalue weighted by Gasteiger charge is 2.24. The van der Waals surface area contributed by atoms with Gasteiger partial charge in [-0.15, -0.1) is 12.4 Å². The number of halogens is 1. The fourth-order valence-electron chi connectivity index (χ4n) is 1.98. The molecule has 0 bridgehead atoms. The lowest BCUT2D eigenvalue weighted by atomic mass is 10.2. The lowest BCUT2D eigenvalue weighted by molar-refractivity contribution is 0.471. The van der Waals surface area contributed by atoms with E-state index in [4.69, 9.17) is 0 Å². The van der Waals surface area contributed by atoms with Crippen molar-refractivity contribution in [2.75, 3.05) is 20.1 Å². The zero-order chi connectivity index (χ0) is 14.6. The highest BCUT2D eigenvalue weighted by atomic mass is 35.5. The van der Waals surface area contributed by atoms with Crippen LogP contribution in [0.4, 0.5) is 0 Å². The van der Waals surface area contributed by atoms with E-state index in [-0.39, 0.29) is 12.4 Å². The summed E-state index contributed by atoms with van der Waals surface area (Å²) in [4.78, 5) is 0.309. The van der Waals surface area contributed by atoms with Gasteiger partial charge in [0.1, 0.15) is 4.90 Å². The molecule has 0 aliphatic rings. The molecule has 0 atom stereocenters. The Morgan fingerprint density at radius 3 is 2.35 bits per heavy atom. The van der Waals surface area contributed by atoms with Crippen molar-refractivity contribution >= 4 is 22.4 Å². The van der Waals surface area contributed by atoms with Gasteiger partial charge < -0.3 is 5.32 Å². The summed E-state index contributed by atoms with van der Waals surface area (Å²) >= 11 is 0. The molecule has 1 aromatic heterocycles. The Balaban J connectivity index is 0.00000361. The Morgan fingerprint density at radius 2 is 1.85 bits per heavy atom. The third-order valence-electron chi connectivity index (χ3n) is 2.79. The van der Waals surface area contributed by atoms with Gasteiger partial charge in [0.25, 0.3) is 0 Å². The Morgan fingerprint density at radius 1 is 1.25 bits per heavy atom. The molecule has 1 heterocycles. The lowest BCUT2D eigenvalue weighted by Gasteiger charge is -2.09. The van der Waals surface area contributed by atoms with E-state index >= 15 is 0 Å². The maximum atomic E-state index is 12.3. The van der Waals surface area contributed by atoms with Crippen molar-refractivity contribution in [1.82, 2.24) is 19.8 Å². The van der Waals surface area contributed by atoms with Gasteiger partial charge in [0.15, 0.2) is 0 Å². The maximum Gasteiger partial charge on any atom is 0.244 e. The first kappa shape index (κ1) is 19.4. The van der Waals surface area contributed by atoms with E-state index < -0.39 is 10.0 Å². The van der Waals surface area contributed by atoms with Crippen LogP contribution in [0.2, 0.25) is 0 Å². The van der Waals surface area contributed by atoms with E-state index in [1.807, 2.05) is 0 Å². The molecule has 0 saturated carbocycles. The van der Waals surface area contributed by atoms with E-state index in [9.17, 15) is 8.42 Å². The summed E-state index contributed by atoms with van der Waals surface area (Å²) in [6, 6.07) is 0. The van der Waals surface area contributed by atoms with Gasteiger partial charge in [-0.1, -0.05) is 13.8 Å². The van der Waals surface area contributed by atoms with Crippen LogP contribution in [0.15, 0.2) is 4.90 Å². The minimum atomic E-state index is -3.48. The summed E-state index contributed by atoms with van der Waals surface area (Å²) in [6.45, 7) is 9.38. The molecule has 0 saturated heterocycles. The molecule has 1 aromatic rings. The fraction of sp³-hybridized carbons (Fsp3) is 0.750. The molecule has 0 aliphatic heterocycles. The molecular formula is C12H25ClN4O2S. The van der Waals surface area contributed by atoms with E-state index in [0.29, 0.717) is 35.3 Å². The molecule has 1 rings (SSSR count). The molecule has 118 valence electrons. The van der Waals surface area contributed by atoms with Crippen molar-refractivity contribution in [3.8, 4) is 0 Å². The molecule has 2 N–H and O–H groups in total. The second-order valence-corrected chi connectivity index (χ2v) is 6.78. The van der Waals surface area contributed by atoms with Crippen molar-refractivity contribution in [1.29, 1.82) is 0 Å². The minimum Gasteiger partial charge on any atom is -0.318 e. The Bertz CT molecular complexity index is 526. The quantitative estimate of drug-likeness (QED) is 0.736. The largest absolute Gasteiger partial charge is 0.318 e. The lowest BCUT2D eigenvalue weighted by Crippen LogP contribution is -2.31. The summed E-state index contributed by atoms with van der Waals surface area (Å²) < 4.78 is 28.9. The fourth-order valence-corrected chi connectivity index (χ4v) is 3.41. The number of rotatable bonds is 7. The average molecular weight is 325 g/mol. The Hall–Kier alpha value is -0.630. The molecule has 0 aromatic carbocycles. The zero-order valence-electron chi connectivity index (χ0n) is 12.7. The van der Waals surface area contributed by atoms with Crippen molar-refractivity contribution in [3.05, 3.63) is 11.4 Å². The van der Waals surface area contributed by atoms with Gasteiger partial charge in [-0.05, 0) is 26.8 Å². The third-order valence-corrected chi connectivity index (χ3v) is 4.50. The number of hydrogen-bond acceptors (Lipinski definition) is 4. The molecular weight excluding hydrogens is 300 g/mol. The predicted molar refractivity (Wildman–Crippen MR) is 82.9 cm³/mol. The molecule has 0 spiro atoms. The molecule has 0 unspecified atom stereocenters. The normalized spacial score (nSPS) is 11.7. The number of nitrogens with zero attached hydrogens (tertiary/aromatic N) is 2. The van der Waals surface area contributed by atoms with Crippen LogP contribution in [-0.2, 0) is 16.6 Å². The number of sulfonamides is 1. The third kappa shape index (κ3) is 4.73. The summed E-state index contributed by atoms with van der Waals surface area (Å²) in [6.07, 6.45) is 0. The van der Waals surface area contributed by atoms with E-state index in [0.717, 1.165) is 6.54 Å². The molecule has 8 heteroatoms. The number of hydrogen-bond donors (Lipinski definition) is 2. The first-order valence-corrected chi connectivity index (χ1v) is 7.96. The highest BCUT2D eigenvalue weighted by molar-refractivity contribution is 7.89. The van der Waals surface area contributed by atoms with Crippen molar-refractivity contribution in [2.45, 2.75) is 39.1 Å². The maximum absolute atomic E-state index is 12.3. The average Bonchev–Trinajstić information content (AvgIpc) is 2.53. The second kappa shape index (κ2) is 7.97. The summed E-state index contributed by atoms with van der Waals surface area (Å²) in [5, 5.41) is 7.23. The Kier molecular flexibility index (Phi) is 7.72. The van der Waals surface area contributed by atoms with Gasteiger partial charge >= 0.3 is 0 Å². The standard InChI is InChI=1S/C12H24N4O2S.ClH/c1-9(2)8-16-11(4)12(10(3)15-16)19(17,18)14-7-6-13-5;/h9,13-14H,6-8H2,1-5H3;1H. The smallest absolute Gasteiger partial charge is 0.244 e. The van der Waals surface area contributed by atoms with Gasteiger partial charge in [-0.3, -0.25) is 4.68 Å². The number of aromatic nitrogens is 2. The van der Waals surface area contributed by atoms with Crippen molar-refractivity contribution in [2.24, 2.45) is 5.92 Å². The van der Waals surface area contributed by atoms with Crippen LogP contribution in [0.25, 0.3) is 0 Å². The molecule has 0 fully saturated rings. The molecule has 0 radical (unpaired) electrons. The minimum absolute atomic E-state index is 0. The van der Waals surface area contributed by atoms with Crippen LogP contribution in [0.5, 0.6) is 0 Å². The van der Waals surface area contributed by atoms with Crippen molar-refractivity contribution < 1.29 is 8.42 Å². The summed E-state index contributed by atoms with van der Waals surface area (Å²) in [7, 11) is -1.70. The van der Waals surface area contributed by atoms with Crippen LogP contribution in [-0.4, -0.2) is 38.3 Å². The first-order chi connectivity index (χ1) is 8.79. The highest BCUT2D eigenvalue weighted by Crippen LogP contribution is 2.19. The second-order valence-electron chi connectivity index (χ2n) is 5.08. The van der Waals surface area contributed by atoms with Crippen LogP contribution in [0.1, 0.15) is 25.2 Å². The number of likely N-dealkylation sites (N-methyl/N-ethyl adjacent to an activating group) is 1. The van der Waals surface area contributed by atoms with Crippen LogP contribution in [0.3, 0.4) is 0 Å². The van der Waals surface area contributed by atoms with Crippen molar-refractivity contribution in [3.63, 3.8) is 0 Å². The van der Waals surface area contributed by atoms with Gasteiger partial charge in [0, 0.05) is 19.6 Å². The number of aryl methyl sites for hydroxylation is 1. The summed E-state index contributed by atoms with van der Waals surface area (Å²) in [5.74, 6) is 0.422. The zero-order valence-corrected chi connectivity index (χ0v) is 14.4. The Labute approximate surface area is 127 Å². The van der Waals surface area contributed by atoms with Crippen LogP contribution >= 0.6 is 12.4 Å². The molecule has 0 aliphatic carbocycles. The molecule has 20 heavy (non-hydrogen) atoms. The number of nitrogens with one attached hydrogen (secondary N) is 2. The topological polar surface area (TPSA) is 76.0 Å². The first-order valence-electron chi connectivity index (χ1n) is 6.48. The van der Waals surface area contributed by atoms with E-state index in [2.05, 4.69) is 29.0 Å². The monoisotopic (exact) mass is 324 g/mol. The van der Waals surface area contributed by atoms with Crippen LogP contribution in [0, 0.1) is 19.8 Å². The van der Waals surface area contributed by atoms with Gasteiger partial charge in [-0.2, -0.15) is 5.10 Å². The van der Waals surface area contributed by atoms with E-state index in [1.54, 1.807) is 25.6 Å². The van der Waals surface area contributed by atoms with Gasteiger partial charge in [0.2, 0.25) is 10.0 Å². The molecule has 6 nitrogen and oxygen atoms in total. The van der Waals surface area contributed by atoms with Gasteiger partial charge in [0.05, 0.1) is 11.4 Å². The summed E-state index contributed by atoms with van der Waals surface area (Å²) in [5.41, 5.74) is 1.25. The molecule has 0 amide bonds. The van der Waals surface area contributed by atoms with E-state index in [1.165, 1.54) is 0 Å².